The molecule has 1 amide bonds. The maximum atomic E-state index is 11.9. The lowest BCUT2D eigenvalue weighted by Gasteiger charge is -2.28. The molecule has 0 fully saturated rings. The lowest BCUT2D eigenvalue weighted by atomic mass is 9.79. The van der Waals surface area contributed by atoms with Gasteiger partial charge in [-0.3, -0.25) is 4.79 Å². The molecule has 0 aliphatic heterocycles. The van der Waals surface area contributed by atoms with Gasteiger partial charge in [-0.1, -0.05) is 24.3 Å². The second-order valence-corrected chi connectivity index (χ2v) is 6.03. The Bertz CT molecular complexity index is 560. The predicted octanol–water partition coefficient (Wildman–Crippen LogP) is 1.73. The monoisotopic (exact) mass is 335 g/mol. The van der Waals surface area contributed by atoms with Crippen LogP contribution < -0.4 is 5.32 Å². The molecule has 132 valence electrons. The van der Waals surface area contributed by atoms with Gasteiger partial charge in [-0.05, 0) is 42.7 Å². The molecule has 0 saturated heterocycles. The minimum absolute atomic E-state index is 0.158. The summed E-state index contributed by atoms with van der Waals surface area (Å²) in [6.07, 6.45) is 3.42. The highest BCUT2D eigenvalue weighted by molar-refractivity contribution is 5.84. The van der Waals surface area contributed by atoms with Crippen LogP contribution in [0.4, 0.5) is 0 Å². The van der Waals surface area contributed by atoms with Gasteiger partial charge in [0.1, 0.15) is 12.6 Å². The van der Waals surface area contributed by atoms with Gasteiger partial charge >= 0.3 is 5.97 Å². The maximum absolute atomic E-state index is 11.9. The number of carbonyl (C=O) groups is 2. The number of nitrogens with one attached hydrogen (secondary N) is 1. The number of ether oxygens (including phenoxy) is 2. The highest BCUT2D eigenvalue weighted by Crippen LogP contribution is 2.34. The van der Waals surface area contributed by atoms with E-state index in [0.717, 1.165) is 19.3 Å². The number of rotatable bonds is 9. The number of carboxylic acids is 1. The average molecular weight is 335 g/mol. The summed E-state index contributed by atoms with van der Waals surface area (Å²) in [5.41, 5.74) is 2.49. The second kappa shape index (κ2) is 9.39. The van der Waals surface area contributed by atoms with Crippen molar-refractivity contribution in [1.29, 1.82) is 0 Å². The van der Waals surface area contributed by atoms with Gasteiger partial charge in [0.15, 0.2) is 0 Å². The molecule has 1 aliphatic rings. The Kier molecular flexibility index (Phi) is 7.21. The first-order valence-corrected chi connectivity index (χ1v) is 8.28. The van der Waals surface area contributed by atoms with Crippen molar-refractivity contribution < 1.29 is 24.2 Å². The lowest BCUT2D eigenvalue weighted by Crippen LogP contribution is -2.43. The van der Waals surface area contributed by atoms with Crippen molar-refractivity contribution in [2.24, 2.45) is 0 Å². The molecule has 0 aromatic heterocycles. The number of aliphatic carboxylic acids is 1. The number of methoxy groups -OCH3 is 1. The van der Waals surface area contributed by atoms with E-state index in [2.05, 4.69) is 17.4 Å². The van der Waals surface area contributed by atoms with E-state index in [0.29, 0.717) is 19.6 Å². The molecule has 6 nitrogen and oxygen atoms in total. The van der Waals surface area contributed by atoms with Gasteiger partial charge in [0.2, 0.25) is 5.91 Å². The number of carbonyl (C=O) groups excluding carboxylic acids is 1. The zero-order valence-electron chi connectivity index (χ0n) is 14.0. The minimum Gasteiger partial charge on any atom is -0.480 e. The molecule has 6 heteroatoms. The van der Waals surface area contributed by atoms with Crippen LogP contribution in [-0.2, 0) is 25.5 Å². The average Bonchev–Trinajstić information content (AvgIpc) is 2.58. The van der Waals surface area contributed by atoms with Crippen molar-refractivity contribution in [2.45, 2.75) is 37.6 Å². The van der Waals surface area contributed by atoms with Crippen LogP contribution in [0.2, 0.25) is 0 Å². The molecular weight excluding hydrogens is 310 g/mol. The first-order valence-electron chi connectivity index (χ1n) is 8.28. The smallest absolute Gasteiger partial charge is 0.326 e. The Labute approximate surface area is 142 Å². The molecule has 2 unspecified atom stereocenters. The van der Waals surface area contributed by atoms with E-state index in [1.165, 1.54) is 11.1 Å². The van der Waals surface area contributed by atoms with E-state index >= 15 is 0 Å². The van der Waals surface area contributed by atoms with E-state index < -0.39 is 17.9 Å². The molecule has 1 aromatic rings. The summed E-state index contributed by atoms with van der Waals surface area (Å²) in [7, 11) is 1.55. The van der Waals surface area contributed by atoms with E-state index in [9.17, 15) is 14.7 Å². The van der Waals surface area contributed by atoms with Gasteiger partial charge in [-0.25, -0.2) is 4.79 Å². The predicted molar refractivity (Wildman–Crippen MR) is 89.0 cm³/mol. The fourth-order valence-electron chi connectivity index (χ4n) is 3.15. The zero-order valence-corrected chi connectivity index (χ0v) is 14.0. The van der Waals surface area contributed by atoms with Crippen LogP contribution in [0.25, 0.3) is 0 Å². The first-order chi connectivity index (χ1) is 11.6. The second-order valence-electron chi connectivity index (χ2n) is 6.03. The van der Waals surface area contributed by atoms with Crippen LogP contribution in [-0.4, -0.2) is 50.0 Å². The number of aryl methyl sites for hydroxylation is 1. The molecule has 0 bridgehead atoms. The topological polar surface area (TPSA) is 84.9 Å². The highest BCUT2D eigenvalue weighted by atomic mass is 16.5. The van der Waals surface area contributed by atoms with Gasteiger partial charge in [-0.2, -0.15) is 0 Å². The van der Waals surface area contributed by atoms with Crippen LogP contribution in [0, 0.1) is 0 Å². The third kappa shape index (κ3) is 5.32. The molecule has 2 atom stereocenters. The molecular formula is C18H25NO5. The maximum Gasteiger partial charge on any atom is 0.326 e. The third-order valence-electron chi connectivity index (χ3n) is 4.31. The molecule has 0 spiro atoms. The number of carboxylic acid groups (broad SMARTS) is 1. The molecule has 24 heavy (non-hydrogen) atoms. The van der Waals surface area contributed by atoms with Gasteiger partial charge in [0, 0.05) is 7.11 Å². The summed E-state index contributed by atoms with van der Waals surface area (Å²) in [5.74, 6) is -1.27. The lowest BCUT2D eigenvalue weighted by molar-refractivity contribution is -0.143. The third-order valence-corrected chi connectivity index (χ3v) is 4.31. The fraction of sp³-hybridized carbons (Fsp3) is 0.556. The Morgan fingerprint density at radius 3 is 2.88 bits per heavy atom. The van der Waals surface area contributed by atoms with Crippen LogP contribution >= 0.6 is 0 Å². The van der Waals surface area contributed by atoms with E-state index in [1.54, 1.807) is 7.11 Å². The number of hydrogen-bond acceptors (Lipinski definition) is 4. The van der Waals surface area contributed by atoms with E-state index in [-0.39, 0.29) is 12.5 Å². The SMILES string of the molecule is COCCOCC(=O)NC(CC1CCCc2ccccc21)C(=O)O. The zero-order chi connectivity index (χ0) is 17.4. The Hall–Kier alpha value is -1.92. The van der Waals surface area contributed by atoms with Crippen molar-refractivity contribution in [3.8, 4) is 0 Å². The number of amides is 1. The van der Waals surface area contributed by atoms with E-state index in [4.69, 9.17) is 9.47 Å². The van der Waals surface area contributed by atoms with Crippen LogP contribution in [0.15, 0.2) is 24.3 Å². The minimum atomic E-state index is -1.01. The van der Waals surface area contributed by atoms with Crippen molar-refractivity contribution in [3.05, 3.63) is 35.4 Å². The van der Waals surface area contributed by atoms with Crippen LogP contribution in [0.1, 0.15) is 36.3 Å². The summed E-state index contributed by atoms with van der Waals surface area (Å²) in [4.78, 5) is 23.4. The molecule has 0 heterocycles. The van der Waals surface area contributed by atoms with Crippen molar-refractivity contribution >= 4 is 11.9 Å². The van der Waals surface area contributed by atoms with Gasteiger partial charge in [0.25, 0.3) is 0 Å². The number of hydrogen-bond donors (Lipinski definition) is 2. The van der Waals surface area contributed by atoms with Gasteiger partial charge in [0.05, 0.1) is 13.2 Å². The first kappa shape index (κ1) is 18.4. The largest absolute Gasteiger partial charge is 0.480 e. The summed E-state index contributed by atoms with van der Waals surface area (Å²) in [6.45, 7) is 0.542. The number of benzene rings is 1. The highest BCUT2D eigenvalue weighted by Gasteiger charge is 2.28. The molecule has 0 saturated carbocycles. The molecule has 1 aromatic carbocycles. The van der Waals surface area contributed by atoms with Gasteiger partial charge in [-0.15, -0.1) is 0 Å². The molecule has 1 aliphatic carbocycles. The standard InChI is InChI=1S/C18H25NO5/c1-23-9-10-24-12-17(20)19-16(18(21)22)11-14-7-4-6-13-5-2-3-8-15(13)14/h2-3,5,8,14,16H,4,6-7,9-12H2,1H3,(H,19,20)(H,21,22). The molecule has 2 rings (SSSR count). The van der Waals surface area contributed by atoms with Crippen molar-refractivity contribution in [1.82, 2.24) is 5.32 Å². The quantitative estimate of drug-likeness (QED) is 0.671. The summed E-state index contributed by atoms with van der Waals surface area (Å²) in [5, 5.41) is 12.0. The van der Waals surface area contributed by atoms with Crippen LogP contribution in [0.5, 0.6) is 0 Å². The van der Waals surface area contributed by atoms with E-state index in [1.807, 2.05) is 12.1 Å². The molecule has 2 N–H and O–H groups in total. The van der Waals surface area contributed by atoms with Gasteiger partial charge < -0.3 is 19.9 Å². The Morgan fingerprint density at radius 2 is 2.12 bits per heavy atom. The molecule has 0 radical (unpaired) electrons. The van der Waals surface area contributed by atoms with Crippen LogP contribution in [0.3, 0.4) is 0 Å². The summed E-state index contributed by atoms with van der Waals surface area (Å²) >= 11 is 0. The van der Waals surface area contributed by atoms with Crippen molar-refractivity contribution in [2.75, 3.05) is 26.9 Å². The Morgan fingerprint density at radius 1 is 1.33 bits per heavy atom. The summed E-state index contributed by atoms with van der Waals surface area (Å²) in [6, 6.07) is 7.25. The Balaban J connectivity index is 1.92. The number of fused-ring (bicyclic) bond motifs is 1. The summed E-state index contributed by atoms with van der Waals surface area (Å²) < 4.78 is 9.96. The van der Waals surface area contributed by atoms with Crippen molar-refractivity contribution in [3.63, 3.8) is 0 Å². The normalized spacial score (nSPS) is 17.8. The fourth-order valence-corrected chi connectivity index (χ4v) is 3.15.